The summed E-state index contributed by atoms with van der Waals surface area (Å²) in [6.45, 7) is 2.99. The average molecular weight is 380 g/mol. The molecule has 144 valence electrons. The lowest BCUT2D eigenvalue weighted by Gasteiger charge is -2.15. The molecule has 0 amide bonds. The van der Waals surface area contributed by atoms with Gasteiger partial charge >= 0.3 is 0 Å². The number of ether oxygens (including phenoxy) is 2. The minimum atomic E-state index is 0.202. The van der Waals surface area contributed by atoms with Gasteiger partial charge in [0, 0.05) is 12.0 Å². The molecule has 1 atom stereocenters. The second kappa shape index (κ2) is 8.79. The zero-order valence-electron chi connectivity index (χ0n) is 15.5. The summed E-state index contributed by atoms with van der Waals surface area (Å²) in [5.74, 6) is 2.30. The highest BCUT2D eigenvalue weighted by Crippen LogP contribution is 2.37. The van der Waals surface area contributed by atoms with Crippen LogP contribution in [-0.2, 0) is 0 Å². The highest BCUT2D eigenvalue weighted by atomic mass is 16.5. The van der Waals surface area contributed by atoms with Gasteiger partial charge < -0.3 is 20.5 Å². The van der Waals surface area contributed by atoms with Crippen molar-refractivity contribution in [3.63, 3.8) is 0 Å². The van der Waals surface area contributed by atoms with Crippen molar-refractivity contribution in [3.8, 4) is 28.8 Å². The molecule has 28 heavy (non-hydrogen) atoms. The molecule has 3 heterocycles. The molecular weight excluding hydrogens is 360 g/mol. The lowest BCUT2D eigenvalue weighted by molar-refractivity contribution is 0.262. The van der Waals surface area contributed by atoms with Crippen molar-refractivity contribution in [2.24, 2.45) is 11.7 Å². The zero-order chi connectivity index (χ0) is 19.9. The van der Waals surface area contributed by atoms with E-state index in [1.807, 2.05) is 13.0 Å². The third-order valence-corrected chi connectivity index (χ3v) is 3.89. The van der Waals surface area contributed by atoms with Crippen LogP contribution >= 0.6 is 0 Å². The molecule has 0 aliphatic rings. The maximum atomic E-state index is 8.79. The Morgan fingerprint density at radius 3 is 2.71 bits per heavy atom. The van der Waals surface area contributed by atoms with Gasteiger partial charge in [-0.2, -0.15) is 10.4 Å². The molecule has 0 spiro atoms. The highest BCUT2D eigenvalue weighted by Gasteiger charge is 2.17. The SMILES string of the molecule is COc1cncc(OC[C@@H](C)CN)c1-c1cc(Nc2cnc(C#N)cn2)n[nH]1. The predicted octanol–water partition coefficient (Wildman–Crippen LogP) is 1.86. The molecule has 10 heteroatoms. The molecule has 0 saturated carbocycles. The lowest BCUT2D eigenvalue weighted by Crippen LogP contribution is -2.18. The van der Waals surface area contributed by atoms with Gasteiger partial charge in [0.05, 0.1) is 49.8 Å². The van der Waals surface area contributed by atoms with E-state index in [1.54, 1.807) is 25.6 Å². The van der Waals surface area contributed by atoms with Crippen LogP contribution in [0, 0.1) is 17.2 Å². The van der Waals surface area contributed by atoms with Gasteiger partial charge in [-0.3, -0.25) is 10.1 Å². The summed E-state index contributed by atoms with van der Waals surface area (Å²) in [5.41, 5.74) is 7.28. The maximum Gasteiger partial charge on any atom is 0.158 e. The number of aromatic amines is 1. The van der Waals surface area contributed by atoms with Crippen molar-refractivity contribution in [1.82, 2.24) is 25.1 Å². The van der Waals surface area contributed by atoms with Crippen LogP contribution in [0.5, 0.6) is 11.5 Å². The van der Waals surface area contributed by atoms with E-state index in [-0.39, 0.29) is 11.6 Å². The van der Waals surface area contributed by atoms with E-state index in [4.69, 9.17) is 20.5 Å². The zero-order valence-corrected chi connectivity index (χ0v) is 15.5. The van der Waals surface area contributed by atoms with Crippen molar-refractivity contribution in [2.75, 3.05) is 25.6 Å². The van der Waals surface area contributed by atoms with Crippen LogP contribution in [0.25, 0.3) is 11.3 Å². The van der Waals surface area contributed by atoms with Crippen molar-refractivity contribution >= 4 is 11.6 Å². The molecule has 0 aromatic carbocycles. The number of H-pyrrole nitrogens is 1. The number of pyridine rings is 1. The Morgan fingerprint density at radius 2 is 2.04 bits per heavy atom. The lowest BCUT2D eigenvalue weighted by atomic mass is 10.1. The van der Waals surface area contributed by atoms with Crippen molar-refractivity contribution < 1.29 is 9.47 Å². The van der Waals surface area contributed by atoms with Crippen LogP contribution in [-0.4, -0.2) is 45.4 Å². The molecular formula is C18H20N8O2. The topological polar surface area (TPSA) is 148 Å². The summed E-state index contributed by atoms with van der Waals surface area (Å²) >= 11 is 0. The van der Waals surface area contributed by atoms with E-state index in [0.717, 1.165) is 0 Å². The standard InChI is InChI=1S/C18H20N8O2/c1-11(4-19)10-28-15-8-21-7-14(27-2)18(15)13-3-16(26-25-13)24-17-9-22-12(5-20)6-23-17/h3,6-9,11H,4,10,19H2,1-2H3,(H2,23,24,25,26)/t11-/m0/s1. The van der Waals surface area contributed by atoms with Crippen LogP contribution in [0.3, 0.4) is 0 Å². The van der Waals surface area contributed by atoms with Crippen LogP contribution < -0.4 is 20.5 Å². The summed E-state index contributed by atoms with van der Waals surface area (Å²) < 4.78 is 11.3. The van der Waals surface area contributed by atoms with E-state index in [0.29, 0.717) is 47.5 Å². The first-order valence-corrected chi connectivity index (χ1v) is 8.54. The Bertz CT molecular complexity index is 964. The maximum absolute atomic E-state index is 8.79. The molecule has 0 saturated heterocycles. The van der Waals surface area contributed by atoms with Crippen molar-refractivity contribution in [2.45, 2.75) is 6.92 Å². The molecule has 10 nitrogen and oxygen atoms in total. The minimum absolute atomic E-state index is 0.202. The first kappa shape index (κ1) is 19.1. The Labute approximate surface area is 161 Å². The number of nitriles is 1. The fraction of sp³-hybridized carbons (Fsp3) is 0.278. The van der Waals surface area contributed by atoms with Gasteiger partial charge in [-0.05, 0) is 6.54 Å². The number of methoxy groups -OCH3 is 1. The highest BCUT2D eigenvalue weighted by molar-refractivity contribution is 5.75. The quantitative estimate of drug-likeness (QED) is 0.532. The van der Waals surface area contributed by atoms with Gasteiger partial charge in [-0.1, -0.05) is 6.92 Å². The predicted molar refractivity (Wildman–Crippen MR) is 102 cm³/mol. The molecule has 3 rings (SSSR count). The van der Waals surface area contributed by atoms with E-state index in [1.165, 1.54) is 12.4 Å². The first-order valence-electron chi connectivity index (χ1n) is 8.54. The molecule has 0 fully saturated rings. The summed E-state index contributed by atoms with van der Waals surface area (Å²) in [6.07, 6.45) is 6.07. The van der Waals surface area contributed by atoms with Gasteiger partial charge in [-0.25, -0.2) is 9.97 Å². The molecule has 3 aromatic rings. The van der Waals surface area contributed by atoms with Crippen molar-refractivity contribution in [1.29, 1.82) is 5.26 Å². The molecule has 0 radical (unpaired) electrons. The van der Waals surface area contributed by atoms with Gasteiger partial charge in [0.1, 0.15) is 17.6 Å². The minimum Gasteiger partial charge on any atom is -0.494 e. The number of hydrogen-bond donors (Lipinski definition) is 3. The summed E-state index contributed by atoms with van der Waals surface area (Å²) in [4.78, 5) is 12.2. The molecule has 0 unspecified atom stereocenters. The monoisotopic (exact) mass is 380 g/mol. The second-order valence-corrected chi connectivity index (χ2v) is 6.06. The number of nitrogens with two attached hydrogens (primary N) is 1. The van der Waals surface area contributed by atoms with Gasteiger partial charge in [0.15, 0.2) is 17.3 Å². The Balaban J connectivity index is 1.85. The van der Waals surface area contributed by atoms with Gasteiger partial charge in [0.2, 0.25) is 0 Å². The fourth-order valence-corrected chi connectivity index (χ4v) is 2.35. The van der Waals surface area contributed by atoms with Gasteiger partial charge in [-0.15, -0.1) is 0 Å². The van der Waals surface area contributed by atoms with E-state index >= 15 is 0 Å². The molecule has 0 bridgehead atoms. The number of anilines is 2. The first-order chi connectivity index (χ1) is 13.6. The largest absolute Gasteiger partial charge is 0.494 e. The van der Waals surface area contributed by atoms with Crippen molar-refractivity contribution in [3.05, 3.63) is 36.5 Å². The third-order valence-electron chi connectivity index (χ3n) is 3.89. The Hall–Kier alpha value is -3.71. The summed E-state index contributed by atoms with van der Waals surface area (Å²) in [7, 11) is 1.56. The number of aromatic nitrogens is 5. The molecule has 0 aliphatic carbocycles. The molecule has 0 aliphatic heterocycles. The second-order valence-electron chi connectivity index (χ2n) is 6.06. The number of nitrogens with zero attached hydrogens (tertiary/aromatic N) is 5. The van der Waals surface area contributed by atoms with Crippen LogP contribution in [0.2, 0.25) is 0 Å². The van der Waals surface area contributed by atoms with E-state index < -0.39 is 0 Å². The number of rotatable bonds is 8. The Kier molecular flexibility index (Phi) is 5.98. The fourth-order valence-electron chi connectivity index (χ4n) is 2.35. The average Bonchev–Trinajstić information content (AvgIpc) is 3.20. The third kappa shape index (κ3) is 4.33. The Morgan fingerprint density at radius 1 is 1.21 bits per heavy atom. The van der Waals surface area contributed by atoms with Crippen LogP contribution in [0.4, 0.5) is 11.6 Å². The molecule has 4 N–H and O–H groups in total. The van der Waals surface area contributed by atoms with Gasteiger partial charge in [0.25, 0.3) is 0 Å². The van der Waals surface area contributed by atoms with Crippen LogP contribution in [0.1, 0.15) is 12.6 Å². The van der Waals surface area contributed by atoms with E-state index in [2.05, 4.69) is 30.5 Å². The normalized spacial score (nSPS) is 11.5. The smallest absolute Gasteiger partial charge is 0.158 e. The van der Waals surface area contributed by atoms with E-state index in [9.17, 15) is 0 Å². The summed E-state index contributed by atoms with van der Waals surface area (Å²) in [5, 5.41) is 19.0. The van der Waals surface area contributed by atoms with Crippen LogP contribution in [0.15, 0.2) is 30.9 Å². The molecule has 3 aromatic heterocycles. The summed E-state index contributed by atoms with van der Waals surface area (Å²) in [6, 6.07) is 3.71. The number of hydrogen-bond acceptors (Lipinski definition) is 9. The number of nitrogens with one attached hydrogen (secondary N) is 2.